The van der Waals surface area contributed by atoms with Crippen LogP contribution in [0, 0.1) is 12.3 Å². The summed E-state index contributed by atoms with van der Waals surface area (Å²) in [6, 6.07) is 6.41. The van der Waals surface area contributed by atoms with Crippen molar-refractivity contribution in [1.29, 1.82) is 0 Å². The maximum atomic E-state index is 6.51. The Balaban J connectivity index is 1.37. The Morgan fingerprint density at radius 3 is 2.87 bits per heavy atom. The number of H-pyrrole nitrogens is 1. The van der Waals surface area contributed by atoms with E-state index in [2.05, 4.69) is 51.5 Å². The van der Waals surface area contributed by atoms with Gasteiger partial charge in [0.25, 0.3) is 0 Å². The van der Waals surface area contributed by atoms with Gasteiger partial charge in [-0.25, -0.2) is 9.97 Å². The van der Waals surface area contributed by atoms with Crippen molar-refractivity contribution in [3.8, 4) is 11.1 Å². The van der Waals surface area contributed by atoms with E-state index in [4.69, 9.17) is 20.4 Å². The minimum atomic E-state index is 0.0962. The molecule has 0 aliphatic carbocycles. The number of benzene rings is 1. The predicted molar refractivity (Wildman–Crippen MR) is 120 cm³/mol. The van der Waals surface area contributed by atoms with Crippen molar-refractivity contribution in [3.63, 3.8) is 0 Å². The lowest BCUT2D eigenvalue weighted by Gasteiger charge is -2.41. The number of nitrogens with zero attached hydrogens (tertiary/aromatic N) is 5. The normalized spacial score (nSPS) is 23.4. The van der Waals surface area contributed by atoms with Crippen LogP contribution in [0.1, 0.15) is 25.5 Å². The number of nitrogens with two attached hydrogens (primary N) is 1. The standard InChI is InChI=1S/C23H27N7O/c1-14-19(16-3-4-18-17(11-16)12-26-28-18)21-25-7-10-30(21)22(27-14)29-8-5-23(6-9-29)13-31-15(2)20(23)24/h3-4,7,10-12,15,20H,5-6,8-9,13,24H2,1-2H3,(H,26,28)/t15-,20+/m0/s1. The third-order valence-electron chi connectivity index (χ3n) is 7.33. The van der Waals surface area contributed by atoms with E-state index >= 15 is 0 Å². The SMILES string of the molecule is Cc1nc(N2CCC3(CC2)CO[C@@H](C)[C@H]3N)n2ccnc2c1-c1ccc2[nH]ncc2c1. The van der Waals surface area contributed by atoms with Crippen LogP contribution in [0.4, 0.5) is 5.95 Å². The van der Waals surface area contributed by atoms with E-state index in [0.717, 1.165) is 71.9 Å². The van der Waals surface area contributed by atoms with Crippen LogP contribution in [-0.2, 0) is 4.74 Å². The number of aromatic nitrogens is 5. The van der Waals surface area contributed by atoms with Crippen LogP contribution in [-0.4, -0.2) is 56.4 Å². The molecular formula is C23H27N7O. The highest BCUT2D eigenvalue weighted by Crippen LogP contribution is 2.42. The summed E-state index contributed by atoms with van der Waals surface area (Å²) in [6.45, 7) is 6.77. The van der Waals surface area contributed by atoms with Crippen LogP contribution in [0.15, 0.2) is 36.8 Å². The Hall–Kier alpha value is -2.97. The Morgan fingerprint density at radius 1 is 1.26 bits per heavy atom. The largest absolute Gasteiger partial charge is 0.376 e. The molecule has 31 heavy (non-hydrogen) atoms. The molecule has 1 spiro atoms. The summed E-state index contributed by atoms with van der Waals surface area (Å²) in [5, 5.41) is 8.23. The molecule has 6 rings (SSSR count). The maximum absolute atomic E-state index is 6.51. The van der Waals surface area contributed by atoms with Gasteiger partial charge in [-0.2, -0.15) is 5.10 Å². The van der Waals surface area contributed by atoms with Gasteiger partial charge in [0.15, 0.2) is 0 Å². The van der Waals surface area contributed by atoms with Gasteiger partial charge < -0.3 is 15.4 Å². The molecule has 3 aromatic heterocycles. The monoisotopic (exact) mass is 417 g/mol. The summed E-state index contributed by atoms with van der Waals surface area (Å²) in [4.78, 5) is 12.1. The van der Waals surface area contributed by atoms with Crippen LogP contribution < -0.4 is 10.6 Å². The van der Waals surface area contributed by atoms with Crippen molar-refractivity contribution in [3.05, 3.63) is 42.5 Å². The van der Waals surface area contributed by atoms with Crippen molar-refractivity contribution >= 4 is 22.5 Å². The Bertz CT molecular complexity index is 1270. The topological polar surface area (TPSA) is 97.4 Å². The number of hydrogen-bond donors (Lipinski definition) is 2. The molecule has 2 aliphatic rings. The number of imidazole rings is 1. The molecule has 4 aromatic rings. The van der Waals surface area contributed by atoms with Crippen LogP contribution in [0.5, 0.6) is 0 Å². The summed E-state index contributed by atoms with van der Waals surface area (Å²) < 4.78 is 8.00. The van der Waals surface area contributed by atoms with Gasteiger partial charge in [-0.15, -0.1) is 0 Å². The van der Waals surface area contributed by atoms with Gasteiger partial charge in [0, 0.05) is 47.9 Å². The Kier molecular flexibility index (Phi) is 4.10. The lowest BCUT2D eigenvalue weighted by atomic mass is 9.73. The fraction of sp³-hybridized carbons (Fsp3) is 0.435. The second kappa shape index (κ2) is 6.77. The number of anilines is 1. The third kappa shape index (κ3) is 2.78. The number of aromatic amines is 1. The molecule has 0 bridgehead atoms. The molecule has 2 aliphatic heterocycles. The number of aryl methyl sites for hydroxylation is 1. The molecule has 0 saturated carbocycles. The first-order chi connectivity index (χ1) is 15.1. The quantitative estimate of drug-likeness (QED) is 0.521. The third-order valence-corrected chi connectivity index (χ3v) is 7.33. The highest BCUT2D eigenvalue weighted by atomic mass is 16.5. The zero-order valence-electron chi connectivity index (χ0n) is 17.9. The van der Waals surface area contributed by atoms with Crippen molar-refractivity contribution < 1.29 is 4.74 Å². The summed E-state index contributed by atoms with van der Waals surface area (Å²) in [5.41, 5.74) is 11.7. The van der Waals surface area contributed by atoms with Gasteiger partial charge in [-0.05, 0) is 44.4 Å². The van der Waals surface area contributed by atoms with Crippen LogP contribution in [0.3, 0.4) is 0 Å². The zero-order chi connectivity index (χ0) is 21.2. The lowest BCUT2D eigenvalue weighted by molar-refractivity contribution is 0.0973. The molecule has 160 valence electrons. The summed E-state index contributed by atoms with van der Waals surface area (Å²) in [5.74, 6) is 0.952. The maximum Gasteiger partial charge on any atom is 0.211 e. The molecule has 8 heteroatoms. The van der Waals surface area contributed by atoms with Gasteiger partial charge in [-0.3, -0.25) is 9.50 Å². The first-order valence-corrected chi connectivity index (χ1v) is 11.0. The molecule has 8 nitrogen and oxygen atoms in total. The van der Waals surface area contributed by atoms with E-state index in [-0.39, 0.29) is 17.6 Å². The van der Waals surface area contributed by atoms with Crippen LogP contribution in [0.25, 0.3) is 27.7 Å². The number of fused-ring (bicyclic) bond motifs is 2. The van der Waals surface area contributed by atoms with Gasteiger partial charge >= 0.3 is 0 Å². The molecule has 3 N–H and O–H groups in total. The molecular weight excluding hydrogens is 390 g/mol. The Labute approximate surface area is 180 Å². The molecule has 1 aromatic carbocycles. The second-order valence-corrected chi connectivity index (χ2v) is 9.06. The minimum Gasteiger partial charge on any atom is -0.376 e. The number of nitrogens with one attached hydrogen (secondary N) is 1. The molecule has 5 heterocycles. The van der Waals surface area contributed by atoms with Crippen molar-refractivity contribution in [2.45, 2.75) is 38.8 Å². The average molecular weight is 418 g/mol. The number of rotatable bonds is 2. The van der Waals surface area contributed by atoms with E-state index < -0.39 is 0 Å². The number of hydrogen-bond acceptors (Lipinski definition) is 6. The van der Waals surface area contributed by atoms with Crippen molar-refractivity contribution in [1.82, 2.24) is 24.6 Å². The average Bonchev–Trinajstić information content (AvgIpc) is 3.50. The number of piperidine rings is 1. The van der Waals surface area contributed by atoms with Crippen LogP contribution >= 0.6 is 0 Å². The summed E-state index contributed by atoms with van der Waals surface area (Å²) in [7, 11) is 0. The molecule has 2 fully saturated rings. The second-order valence-electron chi connectivity index (χ2n) is 9.06. The molecule has 2 atom stereocenters. The zero-order valence-corrected chi connectivity index (χ0v) is 17.9. The van der Waals surface area contributed by atoms with Crippen LogP contribution in [0.2, 0.25) is 0 Å². The lowest BCUT2D eigenvalue weighted by Crippen LogP contribution is -2.51. The van der Waals surface area contributed by atoms with E-state index in [0.29, 0.717) is 0 Å². The van der Waals surface area contributed by atoms with E-state index in [9.17, 15) is 0 Å². The predicted octanol–water partition coefficient (Wildman–Crippen LogP) is 2.91. The highest BCUT2D eigenvalue weighted by molar-refractivity contribution is 5.88. The van der Waals surface area contributed by atoms with Gasteiger partial charge in [0.1, 0.15) is 5.65 Å². The Morgan fingerprint density at radius 2 is 2.10 bits per heavy atom. The van der Waals surface area contributed by atoms with Crippen molar-refractivity contribution in [2.75, 3.05) is 24.6 Å². The number of ether oxygens (including phenoxy) is 1. The molecule has 0 amide bonds. The van der Waals surface area contributed by atoms with Gasteiger partial charge in [0.05, 0.1) is 30.1 Å². The molecule has 2 saturated heterocycles. The smallest absolute Gasteiger partial charge is 0.211 e. The van der Waals surface area contributed by atoms with Crippen molar-refractivity contribution in [2.24, 2.45) is 11.1 Å². The molecule has 0 radical (unpaired) electrons. The summed E-state index contributed by atoms with van der Waals surface area (Å²) >= 11 is 0. The first kappa shape index (κ1) is 18.8. The molecule has 0 unspecified atom stereocenters. The van der Waals surface area contributed by atoms with Gasteiger partial charge in [-0.1, -0.05) is 6.07 Å². The van der Waals surface area contributed by atoms with E-state index in [1.54, 1.807) is 0 Å². The fourth-order valence-corrected chi connectivity index (χ4v) is 5.36. The summed E-state index contributed by atoms with van der Waals surface area (Å²) in [6.07, 6.45) is 7.89. The van der Waals surface area contributed by atoms with E-state index in [1.165, 1.54) is 0 Å². The highest BCUT2D eigenvalue weighted by Gasteiger charge is 2.47. The van der Waals surface area contributed by atoms with E-state index in [1.807, 2.05) is 18.6 Å². The van der Waals surface area contributed by atoms with Gasteiger partial charge in [0.2, 0.25) is 5.95 Å². The minimum absolute atomic E-state index is 0.0962. The first-order valence-electron chi connectivity index (χ1n) is 11.0. The fourth-order valence-electron chi connectivity index (χ4n) is 5.36.